The molecule has 2 unspecified atom stereocenters. The third kappa shape index (κ3) is 2.95. The number of hydrogen-bond donors (Lipinski definition) is 1. The number of aromatic nitrogens is 3. The second-order valence-electron chi connectivity index (χ2n) is 5.04. The summed E-state index contributed by atoms with van der Waals surface area (Å²) in [7, 11) is 0. The van der Waals surface area contributed by atoms with Crippen LogP contribution in [0.3, 0.4) is 0 Å². The fraction of sp³-hybridized carbons (Fsp3) is 0.500. The average Bonchev–Trinajstić information content (AvgIpc) is 2.46. The van der Waals surface area contributed by atoms with E-state index in [0.29, 0.717) is 16.9 Å². The van der Waals surface area contributed by atoms with Crippen LogP contribution in [0.2, 0.25) is 0 Å². The van der Waals surface area contributed by atoms with Crippen molar-refractivity contribution in [2.45, 2.75) is 31.1 Å². The molecule has 3 rings (SSSR count). The molecule has 0 radical (unpaired) electrons. The fourth-order valence-corrected chi connectivity index (χ4v) is 2.95. The van der Waals surface area contributed by atoms with Gasteiger partial charge in [0.05, 0.1) is 0 Å². The van der Waals surface area contributed by atoms with E-state index in [4.69, 9.17) is 11.6 Å². The molecule has 0 aliphatic heterocycles. The van der Waals surface area contributed by atoms with Crippen molar-refractivity contribution in [2.75, 3.05) is 11.9 Å². The Balaban J connectivity index is 1.67. The average molecular weight is 277 g/mol. The number of halogens is 1. The van der Waals surface area contributed by atoms with Crippen molar-refractivity contribution < 1.29 is 0 Å². The Morgan fingerprint density at radius 3 is 2.89 bits per heavy atom. The van der Waals surface area contributed by atoms with Crippen LogP contribution in [0.25, 0.3) is 11.2 Å². The highest BCUT2D eigenvalue weighted by Gasteiger charge is 2.22. The predicted molar refractivity (Wildman–Crippen MR) is 77.4 cm³/mol. The molecule has 2 aromatic heterocycles. The smallest absolute Gasteiger partial charge is 0.180 e. The Kier molecular flexibility index (Phi) is 3.78. The van der Waals surface area contributed by atoms with Gasteiger partial charge in [0.15, 0.2) is 5.65 Å². The van der Waals surface area contributed by atoms with Crippen LogP contribution in [-0.4, -0.2) is 26.9 Å². The molecule has 0 spiro atoms. The van der Waals surface area contributed by atoms with Crippen LogP contribution in [0.1, 0.15) is 25.7 Å². The van der Waals surface area contributed by atoms with Gasteiger partial charge in [-0.25, -0.2) is 9.97 Å². The van der Waals surface area contributed by atoms with Crippen LogP contribution in [0.5, 0.6) is 0 Å². The van der Waals surface area contributed by atoms with Gasteiger partial charge in [0, 0.05) is 24.3 Å². The molecule has 1 N–H and O–H groups in total. The molecule has 4 nitrogen and oxygen atoms in total. The molecule has 2 aromatic rings. The van der Waals surface area contributed by atoms with E-state index in [1.165, 1.54) is 19.3 Å². The lowest BCUT2D eigenvalue weighted by molar-refractivity contribution is 0.380. The number of alkyl halides is 1. The summed E-state index contributed by atoms with van der Waals surface area (Å²) in [5.74, 6) is 1.39. The van der Waals surface area contributed by atoms with Gasteiger partial charge < -0.3 is 5.32 Å². The zero-order valence-electron chi connectivity index (χ0n) is 10.7. The van der Waals surface area contributed by atoms with Gasteiger partial charge in [-0.05, 0) is 30.9 Å². The summed E-state index contributed by atoms with van der Waals surface area (Å²) in [4.78, 5) is 12.9. The molecule has 1 aliphatic carbocycles. The van der Waals surface area contributed by atoms with Crippen LogP contribution in [0.4, 0.5) is 5.82 Å². The van der Waals surface area contributed by atoms with E-state index >= 15 is 0 Å². The monoisotopic (exact) mass is 276 g/mol. The molecule has 19 heavy (non-hydrogen) atoms. The highest BCUT2D eigenvalue weighted by molar-refractivity contribution is 6.20. The van der Waals surface area contributed by atoms with E-state index in [1.807, 2.05) is 12.1 Å². The number of nitrogens with one attached hydrogen (secondary N) is 1. The van der Waals surface area contributed by atoms with Gasteiger partial charge in [0.1, 0.15) is 11.3 Å². The number of rotatable bonds is 3. The molecule has 100 valence electrons. The minimum absolute atomic E-state index is 0.293. The van der Waals surface area contributed by atoms with E-state index in [-0.39, 0.29) is 0 Å². The van der Waals surface area contributed by atoms with Crippen molar-refractivity contribution in [3.05, 3.63) is 24.5 Å². The number of anilines is 1. The summed E-state index contributed by atoms with van der Waals surface area (Å²) in [5, 5.41) is 3.67. The van der Waals surface area contributed by atoms with Gasteiger partial charge in [0.2, 0.25) is 0 Å². The molecule has 5 heteroatoms. The minimum atomic E-state index is 0.293. The van der Waals surface area contributed by atoms with Crippen molar-refractivity contribution in [3.63, 3.8) is 0 Å². The summed E-state index contributed by atoms with van der Waals surface area (Å²) in [6.45, 7) is 0.882. The van der Waals surface area contributed by atoms with Gasteiger partial charge in [-0.1, -0.05) is 12.8 Å². The molecule has 0 amide bonds. The van der Waals surface area contributed by atoms with Crippen LogP contribution in [0, 0.1) is 5.92 Å². The Bertz CT molecular complexity index is 560. The Morgan fingerprint density at radius 1 is 1.16 bits per heavy atom. The normalized spacial score (nSPS) is 23.4. The SMILES string of the molecule is ClC1CCCCC1CNc1ccc2nccnc2n1. The third-order valence-electron chi connectivity index (χ3n) is 3.69. The molecule has 1 aliphatic rings. The van der Waals surface area contributed by atoms with Crippen LogP contribution < -0.4 is 5.32 Å². The first-order chi connectivity index (χ1) is 9.33. The summed E-state index contributed by atoms with van der Waals surface area (Å²) in [6, 6.07) is 3.89. The first-order valence-electron chi connectivity index (χ1n) is 6.78. The summed E-state index contributed by atoms with van der Waals surface area (Å²) in [5.41, 5.74) is 1.50. The summed E-state index contributed by atoms with van der Waals surface area (Å²) >= 11 is 6.36. The molecule has 2 heterocycles. The zero-order chi connectivity index (χ0) is 13.1. The second-order valence-corrected chi connectivity index (χ2v) is 5.60. The van der Waals surface area contributed by atoms with Crippen LogP contribution in [0.15, 0.2) is 24.5 Å². The molecule has 1 saturated carbocycles. The van der Waals surface area contributed by atoms with E-state index in [2.05, 4.69) is 20.3 Å². The van der Waals surface area contributed by atoms with Gasteiger partial charge in [-0.15, -0.1) is 11.6 Å². The third-order valence-corrected chi connectivity index (χ3v) is 4.27. The standard InChI is InChI=1S/C14H17ClN4/c15-11-4-2-1-3-10(11)9-18-13-6-5-12-14(19-13)17-8-7-16-12/h5-8,10-11H,1-4,9H2,(H,17,18,19). The van der Waals surface area contributed by atoms with Gasteiger partial charge in [0.25, 0.3) is 0 Å². The van der Waals surface area contributed by atoms with E-state index in [0.717, 1.165) is 24.3 Å². The van der Waals surface area contributed by atoms with Crippen molar-refractivity contribution in [2.24, 2.45) is 5.92 Å². The van der Waals surface area contributed by atoms with Crippen LogP contribution >= 0.6 is 11.6 Å². The molecule has 0 saturated heterocycles. The number of nitrogens with zero attached hydrogens (tertiary/aromatic N) is 3. The zero-order valence-corrected chi connectivity index (χ0v) is 11.5. The first-order valence-corrected chi connectivity index (χ1v) is 7.22. The highest BCUT2D eigenvalue weighted by atomic mass is 35.5. The quantitative estimate of drug-likeness (QED) is 0.875. The highest BCUT2D eigenvalue weighted by Crippen LogP contribution is 2.28. The van der Waals surface area contributed by atoms with Crippen molar-refractivity contribution in [3.8, 4) is 0 Å². The molecular formula is C14H17ClN4. The molecule has 1 fully saturated rings. The fourth-order valence-electron chi connectivity index (χ4n) is 2.58. The van der Waals surface area contributed by atoms with Crippen molar-refractivity contribution in [1.29, 1.82) is 0 Å². The lowest BCUT2D eigenvalue weighted by Crippen LogP contribution is -2.26. The van der Waals surface area contributed by atoms with Crippen molar-refractivity contribution >= 4 is 28.6 Å². The lowest BCUT2D eigenvalue weighted by Gasteiger charge is -2.27. The van der Waals surface area contributed by atoms with Crippen molar-refractivity contribution in [1.82, 2.24) is 15.0 Å². The maximum Gasteiger partial charge on any atom is 0.180 e. The largest absolute Gasteiger partial charge is 0.370 e. The predicted octanol–water partition coefficient (Wildman–Crippen LogP) is 3.23. The topological polar surface area (TPSA) is 50.7 Å². The maximum atomic E-state index is 6.36. The Morgan fingerprint density at radius 2 is 2.00 bits per heavy atom. The Hall–Kier alpha value is -1.42. The maximum absolute atomic E-state index is 6.36. The molecular weight excluding hydrogens is 260 g/mol. The number of fused-ring (bicyclic) bond motifs is 1. The number of pyridine rings is 1. The van der Waals surface area contributed by atoms with Crippen LogP contribution in [-0.2, 0) is 0 Å². The molecule has 0 bridgehead atoms. The second kappa shape index (κ2) is 5.70. The van der Waals surface area contributed by atoms with Gasteiger partial charge in [-0.3, -0.25) is 4.98 Å². The minimum Gasteiger partial charge on any atom is -0.370 e. The lowest BCUT2D eigenvalue weighted by atomic mass is 9.89. The Labute approximate surface area is 117 Å². The van der Waals surface area contributed by atoms with Gasteiger partial charge >= 0.3 is 0 Å². The molecule has 0 aromatic carbocycles. The molecule has 2 atom stereocenters. The van der Waals surface area contributed by atoms with Gasteiger partial charge in [-0.2, -0.15) is 0 Å². The number of hydrogen-bond acceptors (Lipinski definition) is 4. The summed E-state index contributed by atoms with van der Waals surface area (Å²) < 4.78 is 0. The van der Waals surface area contributed by atoms with E-state index < -0.39 is 0 Å². The van der Waals surface area contributed by atoms with E-state index in [9.17, 15) is 0 Å². The summed E-state index contributed by atoms with van der Waals surface area (Å²) in [6.07, 6.45) is 8.21. The first kappa shape index (κ1) is 12.6. The van der Waals surface area contributed by atoms with E-state index in [1.54, 1.807) is 12.4 Å².